The molecule has 0 bridgehead atoms. The fourth-order valence-electron chi connectivity index (χ4n) is 3.23. The minimum absolute atomic E-state index is 0.0124. The molecule has 0 radical (unpaired) electrons. The molecule has 3 heterocycles. The summed E-state index contributed by atoms with van der Waals surface area (Å²) < 4.78 is 11.7. The molecule has 3 aromatic rings. The van der Waals surface area contributed by atoms with E-state index in [9.17, 15) is 0 Å². The molecule has 1 aliphatic heterocycles. The SMILES string of the molecule is Cc1ncc(CN2CCOC(c3cc(CCOc4cccc(Cl)c4)[nH]n3)C2)s1. The number of thiazole rings is 1. The van der Waals surface area contributed by atoms with Gasteiger partial charge in [0.05, 0.1) is 23.9 Å². The zero-order chi connectivity index (χ0) is 19.3. The second kappa shape index (κ2) is 9.05. The Morgan fingerprint density at radius 3 is 3.14 bits per heavy atom. The molecule has 1 aromatic carbocycles. The third-order valence-corrected chi connectivity index (χ3v) is 5.75. The molecule has 0 aliphatic carbocycles. The number of aromatic amines is 1. The number of H-pyrrole nitrogens is 1. The van der Waals surface area contributed by atoms with Gasteiger partial charge in [-0.3, -0.25) is 10.00 Å². The molecule has 1 saturated heterocycles. The molecule has 1 N–H and O–H groups in total. The van der Waals surface area contributed by atoms with Gasteiger partial charge in [0.25, 0.3) is 0 Å². The van der Waals surface area contributed by atoms with Crippen LogP contribution in [0, 0.1) is 6.92 Å². The standard InChI is InChI=1S/C20H23ClN4O2S/c1-14-22-11-18(28-14)12-25-6-8-27-20(13-25)19-10-16(23-24-19)5-7-26-17-4-2-3-15(21)9-17/h2-4,9-11,20H,5-8,12-13H2,1H3,(H,23,24). The minimum atomic E-state index is -0.0124. The molecule has 0 saturated carbocycles. The van der Waals surface area contributed by atoms with Gasteiger partial charge in [0.1, 0.15) is 11.9 Å². The maximum Gasteiger partial charge on any atom is 0.120 e. The minimum Gasteiger partial charge on any atom is -0.493 e. The number of nitrogens with zero attached hydrogens (tertiary/aromatic N) is 3. The van der Waals surface area contributed by atoms with E-state index in [0.717, 1.165) is 48.2 Å². The average Bonchev–Trinajstić information content (AvgIpc) is 3.31. The first-order valence-electron chi connectivity index (χ1n) is 9.33. The lowest BCUT2D eigenvalue weighted by Gasteiger charge is -2.31. The van der Waals surface area contributed by atoms with Gasteiger partial charge in [-0.25, -0.2) is 4.98 Å². The lowest BCUT2D eigenvalue weighted by atomic mass is 10.2. The maximum atomic E-state index is 5.98. The number of hydrogen-bond donors (Lipinski definition) is 1. The van der Waals surface area contributed by atoms with Crippen LogP contribution in [0.25, 0.3) is 0 Å². The summed E-state index contributed by atoms with van der Waals surface area (Å²) >= 11 is 7.73. The zero-order valence-electron chi connectivity index (χ0n) is 15.7. The van der Waals surface area contributed by atoms with E-state index in [1.165, 1.54) is 4.88 Å². The molecule has 0 spiro atoms. The van der Waals surface area contributed by atoms with E-state index in [-0.39, 0.29) is 6.10 Å². The molecule has 0 amide bonds. The van der Waals surface area contributed by atoms with Gasteiger partial charge in [-0.15, -0.1) is 11.3 Å². The van der Waals surface area contributed by atoms with Gasteiger partial charge >= 0.3 is 0 Å². The van der Waals surface area contributed by atoms with Crippen molar-refractivity contribution in [2.75, 3.05) is 26.3 Å². The lowest BCUT2D eigenvalue weighted by Crippen LogP contribution is -2.37. The molecule has 8 heteroatoms. The van der Waals surface area contributed by atoms with E-state index in [0.29, 0.717) is 18.2 Å². The van der Waals surface area contributed by atoms with Gasteiger partial charge in [0.15, 0.2) is 0 Å². The summed E-state index contributed by atoms with van der Waals surface area (Å²) in [7, 11) is 0. The summed E-state index contributed by atoms with van der Waals surface area (Å²) in [6.45, 7) is 5.99. The lowest BCUT2D eigenvalue weighted by molar-refractivity contribution is -0.0347. The molecular formula is C20H23ClN4O2S. The number of rotatable bonds is 7. The fourth-order valence-corrected chi connectivity index (χ4v) is 4.25. The molecule has 1 fully saturated rings. The number of hydrogen-bond acceptors (Lipinski definition) is 6. The van der Waals surface area contributed by atoms with E-state index in [4.69, 9.17) is 21.1 Å². The van der Waals surface area contributed by atoms with Gasteiger partial charge < -0.3 is 9.47 Å². The molecule has 148 valence electrons. The molecule has 28 heavy (non-hydrogen) atoms. The van der Waals surface area contributed by atoms with Crippen molar-refractivity contribution in [2.24, 2.45) is 0 Å². The van der Waals surface area contributed by atoms with Crippen LogP contribution in [0.5, 0.6) is 5.75 Å². The number of nitrogens with one attached hydrogen (secondary N) is 1. The van der Waals surface area contributed by atoms with Gasteiger partial charge in [-0.05, 0) is 31.2 Å². The molecular weight excluding hydrogens is 396 g/mol. The van der Waals surface area contributed by atoms with Crippen molar-refractivity contribution in [3.8, 4) is 5.75 Å². The van der Waals surface area contributed by atoms with Crippen molar-refractivity contribution < 1.29 is 9.47 Å². The number of benzene rings is 1. The van der Waals surface area contributed by atoms with Crippen LogP contribution in [0.4, 0.5) is 0 Å². The van der Waals surface area contributed by atoms with Gasteiger partial charge in [0.2, 0.25) is 0 Å². The van der Waals surface area contributed by atoms with Crippen molar-refractivity contribution in [2.45, 2.75) is 26.0 Å². The van der Waals surface area contributed by atoms with Crippen molar-refractivity contribution in [3.63, 3.8) is 0 Å². The van der Waals surface area contributed by atoms with E-state index < -0.39 is 0 Å². The highest BCUT2D eigenvalue weighted by molar-refractivity contribution is 7.11. The predicted octanol–water partition coefficient (Wildman–Crippen LogP) is 4.02. The molecule has 1 aliphatic rings. The van der Waals surface area contributed by atoms with E-state index >= 15 is 0 Å². The number of morpholine rings is 1. The first kappa shape index (κ1) is 19.4. The monoisotopic (exact) mass is 418 g/mol. The number of aromatic nitrogens is 3. The molecule has 2 aromatic heterocycles. The normalized spacial score (nSPS) is 17.7. The Morgan fingerprint density at radius 1 is 1.39 bits per heavy atom. The quantitative estimate of drug-likeness (QED) is 0.627. The third kappa shape index (κ3) is 5.11. The van der Waals surface area contributed by atoms with Crippen LogP contribution in [0.1, 0.15) is 27.4 Å². The first-order chi connectivity index (χ1) is 13.7. The summed E-state index contributed by atoms with van der Waals surface area (Å²) in [6, 6.07) is 9.51. The third-order valence-electron chi connectivity index (χ3n) is 4.62. The second-order valence-corrected chi connectivity index (χ2v) is 8.57. The Morgan fingerprint density at radius 2 is 2.32 bits per heavy atom. The van der Waals surface area contributed by atoms with E-state index in [1.807, 2.05) is 37.4 Å². The molecule has 6 nitrogen and oxygen atoms in total. The number of halogens is 1. The van der Waals surface area contributed by atoms with Crippen LogP contribution < -0.4 is 4.74 Å². The van der Waals surface area contributed by atoms with Crippen molar-refractivity contribution in [3.05, 3.63) is 62.8 Å². The second-order valence-electron chi connectivity index (χ2n) is 6.81. The highest BCUT2D eigenvalue weighted by Crippen LogP contribution is 2.24. The van der Waals surface area contributed by atoms with Crippen LogP contribution in [-0.2, 0) is 17.7 Å². The van der Waals surface area contributed by atoms with Crippen LogP contribution >= 0.6 is 22.9 Å². The van der Waals surface area contributed by atoms with Crippen molar-refractivity contribution >= 4 is 22.9 Å². The topological polar surface area (TPSA) is 63.3 Å². The van der Waals surface area contributed by atoms with Gasteiger partial charge in [-0.2, -0.15) is 5.10 Å². The highest BCUT2D eigenvalue weighted by Gasteiger charge is 2.24. The Labute approximate surface area is 173 Å². The van der Waals surface area contributed by atoms with Crippen LogP contribution in [0.3, 0.4) is 0 Å². The largest absolute Gasteiger partial charge is 0.493 e. The van der Waals surface area contributed by atoms with Gasteiger partial charge in [0, 0.05) is 47.8 Å². The highest BCUT2D eigenvalue weighted by atomic mass is 35.5. The molecule has 4 rings (SSSR count). The Bertz CT molecular complexity index is 913. The molecule has 1 unspecified atom stereocenters. The summed E-state index contributed by atoms with van der Waals surface area (Å²) in [5.74, 6) is 0.775. The van der Waals surface area contributed by atoms with Gasteiger partial charge in [-0.1, -0.05) is 17.7 Å². The number of aryl methyl sites for hydroxylation is 1. The first-order valence-corrected chi connectivity index (χ1v) is 10.5. The predicted molar refractivity (Wildman–Crippen MR) is 110 cm³/mol. The Balaban J connectivity index is 1.29. The summed E-state index contributed by atoms with van der Waals surface area (Å²) in [5.41, 5.74) is 1.98. The van der Waals surface area contributed by atoms with Crippen LogP contribution in [0.15, 0.2) is 36.5 Å². The number of ether oxygens (including phenoxy) is 2. The van der Waals surface area contributed by atoms with E-state index in [1.54, 1.807) is 11.3 Å². The summed E-state index contributed by atoms with van der Waals surface area (Å²) in [4.78, 5) is 8.03. The van der Waals surface area contributed by atoms with E-state index in [2.05, 4.69) is 26.1 Å². The maximum absolute atomic E-state index is 5.98. The van der Waals surface area contributed by atoms with Crippen molar-refractivity contribution in [1.29, 1.82) is 0 Å². The average molecular weight is 419 g/mol. The van der Waals surface area contributed by atoms with Crippen molar-refractivity contribution in [1.82, 2.24) is 20.1 Å². The summed E-state index contributed by atoms with van der Waals surface area (Å²) in [6.07, 6.45) is 2.70. The Hall–Kier alpha value is -1.93. The zero-order valence-corrected chi connectivity index (χ0v) is 17.3. The van der Waals surface area contributed by atoms with Crippen LogP contribution in [-0.4, -0.2) is 46.4 Å². The smallest absolute Gasteiger partial charge is 0.120 e. The Kier molecular flexibility index (Phi) is 6.26. The fraction of sp³-hybridized carbons (Fsp3) is 0.400. The molecule has 1 atom stereocenters. The van der Waals surface area contributed by atoms with Crippen LogP contribution in [0.2, 0.25) is 5.02 Å². The summed E-state index contributed by atoms with van der Waals surface area (Å²) in [5, 5.41) is 9.35.